The van der Waals surface area contributed by atoms with Gasteiger partial charge in [-0.25, -0.2) is 0 Å². The van der Waals surface area contributed by atoms with Gasteiger partial charge in [-0.15, -0.1) is 0 Å². The monoisotopic (exact) mass is 222 g/mol. The molecule has 0 amide bonds. The molecule has 0 heterocycles. The Balaban J connectivity index is 0.00000112. The molecule has 0 bridgehead atoms. The standard InChI is InChI=1S/C8H11.C5H5.Ti.2H/c1-6-4-5-7(2)8(6)3;1-2-4-5-3-1;;;/h4H2,1-3H3;1-3H,4H2;;;/q;;+2;2*-1. The average Bonchev–Trinajstić information content (AvgIpc) is 2.73. The van der Waals surface area contributed by atoms with Crippen molar-refractivity contribution in [2.45, 2.75) is 33.6 Å². The van der Waals surface area contributed by atoms with Crippen molar-refractivity contribution in [3.8, 4) is 0 Å². The summed E-state index contributed by atoms with van der Waals surface area (Å²) in [6.45, 7) is 6.85. The van der Waals surface area contributed by atoms with Gasteiger partial charge in [0.1, 0.15) is 0 Å². The van der Waals surface area contributed by atoms with Crippen molar-refractivity contribution in [3.05, 3.63) is 42.7 Å². The van der Waals surface area contributed by atoms with E-state index in [1.54, 1.807) is 24.5 Å². The van der Waals surface area contributed by atoms with Gasteiger partial charge >= 0.3 is 95.5 Å². The molecule has 0 saturated heterocycles. The molecule has 0 unspecified atom stereocenters. The summed E-state index contributed by atoms with van der Waals surface area (Å²) in [5, 5.41) is 0. The van der Waals surface area contributed by atoms with Crippen LogP contribution in [0.4, 0.5) is 0 Å². The first-order valence-electron chi connectivity index (χ1n) is 5.17. The maximum atomic E-state index is 2.32. The van der Waals surface area contributed by atoms with Crippen LogP contribution in [0.25, 0.3) is 0 Å². The van der Waals surface area contributed by atoms with Gasteiger partial charge < -0.3 is 2.85 Å². The fraction of sp³-hybridized carbons (Fsp3) is 0.385. The van der Waals surface area contributed by atoms with Crippen LogP contribution < -0.4 is 0 Å². The zero-order chi connectivity index (χ0) is 10.1. The number of allylic oxidation sites excluding steroid dienone is 8. The topological polar surface area (TPSA) is 0 Å². The molecule has 0 aromatic heterocycles. The second-order valence-corrected chi connectivity index (χ2v) is 6.47. The van der Waals surface area contributed by atoms with Crippen molar-refractivity contribution in [1.82, 2.24) is 0 Å². The van der Waals surface area contributed by atoms with Crippen molar-refractivity contribution >= 4 is 0 Å². The Kier molecular flexibility index (Phi) is 2.94. The van der Waals surface area contributed by atoms with Crippen LogP contribution in [-0.2, 0) is 19.2 Å². The van der Waals surface area contributed by atoms with E-state index in [-0.39, 0.29) is 22.0 Å². The third kappa shape index (κ3) is 1.87. The smallest absolute Gasteiger partial charge is 1.00 e. The molecule has 0 saturated carbocycles. The molecule has 1 heteroatoms. The van der Waals surface area contributed by atoms with Gasteiger partial charge in [-0.1, -0.05) is 0 Å². The van der Waals surface area contributed by atoms with Crippen LogP contribution in [0, 0.1) is 0 Å². The van der Waals surface area contributed by atoms with Gasteiger partial charge in [-0.05, 0) is 0 Å². The van der Waals surface area contributed by atoms with Gasteiger partial charge in [0.15, 0.2) is 0 Å². The minimum absolute atomic E-state index is 0. The van der Waals surface area contributed by atoms with Crippen LogP contribution in [0.5, 0.6) is 0 Å². The van der Waals surface area contributed by atoms with Gasteiger partial charge in [0, 0.05) is 0 Å². The van der Waals surface area contributed by atoms with E-state index in [4.69, 9.17) is 0 Å². The Bertz CT molecular complexity index is 387. The van der Waals surface area contributed by atoms with Gasteiger partial charge in [0.2, 0.25) is 0 Å². The molecule has 0 radical (unpaired) electrons. The minimum atomic E-state index is 0. The molecule has 2 rings (SSSR count). The molecule has 0 fully saturated rings. The van der Waals surface area contributed by atoms with Crippen molar-refractivity contribution in [2.75, 3.05) is 0 Å². The first kappa shape index (κ1) is 10.2. The van der Waals surface area contributed by atoms with E-state index in [1.807, 2.05) is 0 Å². The van der Waals surface area contributed by atoms with E-state index in [0.717, 1.165) is 0 Å². The van der Waals surface area contributed by atoms with Crippen LogP contribution in [0.1, 0.15) is 36.5 Å². The van der Waals surface area contributed by atoms with Crippen LogP contribution in [0.15, 0.2) is 42.7 Å². The molecular weight excluding hydrogens is 204 g/mol. The van der Waals surface area contributed by atoms with E-state index >= 15 is 0 Å². The summed E-state index contributed by atoms with van der Waals surface area (Å²) in [5.41, 5.74) is 4.73. The fourth-order valence-corrected chi connectivity index (χ4v) is 4.32. The second-order valence-electron chi connectivity index (χ2n) is 4.13. The molecule has 0 atom stereocenters. The van der Waals surface area contributed by atoms with E-state index in [2.05, 4.69) is 39.0 Å². The molecule has 0 aliphatic heterocycles. The average molecular weight is 222 g/mol. The predicted octanol–water partition coefficient (Wildman–Crippen LogP) is 4.15. The molecule has 14 heavy (non-hydrogen) atoms. The number of hydrogen-bond donors (Lipinski definition) is 0. The summed E-state index contributed by atoms with van der Waals surface area (Å²) >= 11 is 0.0195. The Morgan fingerprint density at radius 2 is 2.00 bits per heavy atom. The van der Waals surface area contributed by atoms with E-state index < -0.39 is 0 Å². The van der Waals surface area contributed by atoms with Gasteiger partial charge in [0.05, 0.1) is 0 Å². The van der Waals surface area contributed by atoms with E-state index in [1.165, 1.54) is 12.8 Å². The Morgan fingerprint density at radius 1 is 1.21 bits per heavy atom. The third-order valence-corrected chi connectivity index (χ3v) is 5.59. The summed E-state index contributed by atoms with van der Waals surface area (Å²) in [7, 11) is 0. The summed E-state index contributed by atoms with van der Waals surface area (Å²) in [6, 6.07) is 0. The molecular formula is C13H18Ti. The largest absolute Gasteiger partial charge is 1.00 e. The molecule has 74 valence electrons. The van der Waals surface area contributed by atoms with E-state index in [9.17, 15) is 0 Å². The SMILES string of the molecule is CC1=C(C)C(C)=[C]([Ti+2][C]2=CC=CC2)C1.[H-].[H-]. The zero-order valence-electron chi connectivity index (χ0n) is 11.1. The maximum Gasteiger partial charge on any atom is -1.00 e. The van der Waals surface area contributed by atoms with Crippen LogP contribution in [0.3, 0.4) is 0 Å². The van der Waals surface area contributed by atoms with Gasteiger partial charge in [0.25, 0.3) is 0 Å². The molecule has 0 N–H and O–H groups in total. The van der Waals surface area contributed by atoms with Crippen molar-refractivity contribution in [3.63, 3.8) is 0 Å². The summed E-state index contributed by atoms with van der Waals surface area (Å²) in [4.78, 5) is 0. The maximum absolute atomic E-state index is 2.32. The zero-order valence-corrected chi connectivity index (χ0v) is 10.7. The minimum Gasteiger partial charge on any atom is -1.00 e. The quantitative estimate of drug-likeness (QED) is 0.615. The van der Waals surface area contributed by atoms with Crippen LogP contribution in [0.2, 0.25) is 0 Å². The first-order valence-corrected chi connectivity index (χ1v) is 6.74. The van der Waals surface area contributed by atoms with Crippen molar-refractivity contribution in [2.24, 2.45) is 0 Å². The summed E-state index contributed by atoms with van der Waals surface area (Å²) in [5.74, 6) is 0. The van der Waals surface area contributed by atoms with Crippen molar-refractivity contribution in [1.29, 1.82) is 0 Å². The third-order valence-electron chi connectivity index (χ3n) is 3.18. The Labute approximate surface area is 98.4 Å². The van der Waals surface area contributed by atoms with Crippen LogP contribution >= 0.6 is 0 Å². The molecule has 2 aliphatic rings. The Hall–Kier alpha value is -0.326. The predicted molar refractivity (Wildman–Crippen MR) is 59.8 cm³/mol. The number of hydrogen-bond acceptors (Lipinski definition) is 0. The molecule has 0 aromatic carbocycles. The van der Waals surface area contributed by atoms with Crippen LogP contribution in [-0.4, -0.2) is 0 Å². The van der Waals surface area contributed by atoms with Gasteiger partial charge in [-0.2, -0.15) is 0 Å². The molecule has 2 aliphatic carbocycles. The molecule has 0 nitrogen and oxygen atoms in total. The molecule has 0 spiro atoms. The van der Waals surface area contributed by atoms with E-state index in [0.29, 0.717) is 0 Å². The normalized spacial score (nSPS) is 20.6. The summed E-state index contributed by atoms with van der Waals surface area (Å²) < 4.78 is 3.46. The second kappa shape index (κ2) is 4.04. The summed E-state index contributed by atoms with van der Waals surface area (Å²) in [6.07, 6.45) is 9.28. The number of rotatable bonds is 2. The molecule has 0 aromatic rings. The first-order chi connectivity index (χ1) is 6.68. The fourth-order valence-electron chi connectivity index (χ4n) is 1.95. The Morgan fingerprint density at radius 3 is 2.50 bits per heavy atom. The van der Waals surface area contributed by atoms with Gasteiger partial charge in [-0.3, -0.25) is 0 Å². The van der Waals surface area contributed by atoms with Crippen molar-refractivity contribution < 1.29 is 22.0 Å².